The second kappa shape index (κ2) is 13.8. The monoisotopic (exact) mass is 783 g/mol. The van der Waals surface area contributed by atoms with Crippen molar-refractivity contribution in [1.29, 1.82) is 0 Å². The van der Waals surface area contributed by atoms with Gasteiger partial charge in [0, 0.05) is 22.4 Å². The Morgan fingerprint density at radius 1 is 0.410 bits per heavy atom. The molecule has 2 aliphatic rings. The van der Waals surface area contributed by atoms with Crippen molar-refractivity contribution in [1.82, 2.24) is 0 Å². The molecule has 0 saturated heterocycles. The minimum atomic E-state index is -0.464. The highest BCUT2D eigenvalue weighted by Gasteiger charge is 2.46. The van der Waals surface area contributed by atoms with E-state index in [4.69, 9.17) is 0 Å². The summed E-state index contributed by atoms with van der Waals surface area (Å²) in [5, 5.41) is 2.46. The van der Waals surface area contributed by atoms with Gasteiger partial charge in [-0.2, -0.15) is 0 Å². The van der Waals surface area contributed by atoms with Crippen molar-refractivity contribution >= 4 is 27.8 Å². The number of rotatable bonds is 6. The van der Waals surface area contributed by atoms with Crippen LogP contribution in [0.5, 0.6) is 0 Å². The predicted molar refractivity (Wildman–Crippen MR) is 258 cm³/mol. The largest absolute Gasteiger partial charge is 0.310 e. The Bertz CT molecular complexity index is 3090. The molecular formula is C60H49N. The Kier molecular flexibility index (Phi) is 8.38. The lowest BCUT2D eigenvalue weighted by molar-refractivity contribution is 0.590. The molecule has 294 valence electrons. The normalized spacial score (nSPS) is 14.2. The maximum absolute atomic E-state index is 2.51. The van der Waals surface area contributed by atoms with Gasteiger partial charge in [0.25, 0.3) is 0 Å². The van der Waals surface area contributed by atoms with E-state index in [1.54, 1.807) is 0 Å². The van der Waals surface area contributed by atoms with Gasteiger partial charge in [-0.15, -0.1) is 0 Å². The fraction of sp³-hybridized carbons (Fsp3) is 0.133. The molecule has 0 N–H and O–H groups in total. The van der Waals surface area contributed by atoms with Crippen LogP contribution in [0.25, 0.3) is 44.2 Å². The van der Waals surface area contributed by atoms with Gasteiger partial charge < -0.3 is 4.90 Å². The van der Waals surface area contributed by atoms with Gasteiger partial charge >= 0.3 is 0 Å². The molecule has 1 heteroatoms. The van der Waals surface area contributed by atoms with Crippen molar-refractivity contribution in [2.24, 2.45) is 0 Å². The van der Waals surface area contributed by atoms with Crippen LogP contribution in [0.1, 0.15) is 73.6 Å². The van der Waals surface area contributed by atoms with Crippen LogP contribution in [0.4, 0.5) is 17.1 Å². The molecule has 0 bridgehead atoms. The molecule has 0 heterocycles. The number of nitrogens with zero attached hydrogens (tertiary/aromatic N) is 1. The van der Waals surface area contributed by atoms with Crippen LogP contribution in [0.2, 0.25) is 0 Å². The second-order valence-corrected chi connectivity index (χ2v) is 18.5. The van der Waals surface area contributed by atoms with Crippen LogP contribution < -0.4 is 4.90 Å². The van der Waals surface area contributed by atoms with Crippen LogP contribution in [-0.4, -0.2) is 0 Å². The smallest absolute Gasteiger partial charge is 0.0713 e. The summed E-state index contributed by atoms with van der Waals surface area (Å²) >= 11 is 0. The molecule has 9 aromatic carbocycles. The fourth-order valence-corrected chi connectivity index (χ4v) is 10.7. The highest BCUT2D eigenvalue weighted by atomic mass is 15.1. The van der Waals surface area contributed by atoms with Gasteiger partial charge in [-0.1, -0.05) is 204 Å². The Hall–Kier alpha value is -6.96. The summed E-state index contributed by atoms with van der Waals surface area (Å²) < 4.78 is 0. The molecule has 1 nitrogen and oxygen atoms in total. The van der Waals surface area contributed by atoms with Crippen molar-refractivity contribution < 1.29 is 0 Å². The minimum absolute atomic E-state index is 0.0292. The van der Waals surface area contributed by atoms with Gasteiger partial charge in [-0.25, -0.2) is 0 Å². The molecule has 2 aliphatic carbocycles. The molecule has 11 rings (SSSR count). The molecule has 0 aromatic heterocycles. The Morgan fingerprint density at radius 2 is 0.934 bits per heavy atom. The van der Waals surface area contributed by atoms with Crippen LogP contribution in [0.15, 0.2) is 206 Å². The molecule has 0 atom stereocenters. The molecule has 0 saturated carbocycles. The third-order valence-electron chi connectivity index (χ3n) is 13.7. The van der Waals surface area contributed by atoms with Crippen LogP contribution in [-0.2, 0) is 16.2 Å². The number of fused-ring (bicyclic) bond motifs is 7. The molecule has 0 fully saturated rings. The predicted octanol–water partition coefficient (Wildman–Crippen LogP) is 15.9. The van der Waals surface area contributed by atoms with Crippen molar-refractivity contribution in [2.45, 2.75) is 50.9 Å². The Morgan fingerprint density at radius 3 is 1.62 bits per heavy atom. The summed E-state index contributed by atoms with van der Waals surface area (Å²) in [6, 6.07) is 77.4. The maximum Gasteiger partial charge on any atom is 0.0713 e. The van der Waals surface area contributed by atoms with E-state index in [0.29, 0.717) is 0 Å². The molecule has 61 heavy (non-hydrogen) atoms. The number of hydrogen-bond donors (Lipinski definition) is 0. The van der Waals surface area contributed by atoms with Crippen molar-refractivity contribution in [3.63, 3.8) is 0 Å². The lowest BCUT2D eigenvalue weighted by atomic mass is 9.68. The number of benzene rings is 9. The highest BCUT2D eigenvalue weighted by molar-refractivity contribution is 6.06. The molecule has 0 spiro atoms. The molecule has 0 radical (unpaired) electrons. The van der Waals surface area contributed by atoms with Crippen molar-refractivity contribution in [3.8, 4) is 33.4 Å². The van der Waals surface area contributed by atoms with E-state index in [1.165, 1.54) is 83.1 Å². The average Bonchev–Trinajstić information content (AvgIpc) is 3.72. The summed E-state index contributed by atoms with van der Waals surface area (Å²) in [5.74, 6) is 0. The third-order valence-corrected chi connectivity index (χ3v) is 13.7. The van der Waals surface area contributed by atoms with Crippen LogP contribution >= 0.6 is 0 Å². The summed E-state index contributed by atoms with van der Waals surface area (Å²) in [4.78, 5) is 2.51. The standard InChI is InChI=1S/C60H49N/c1-58(2,3)42-30-32-45(33-31-42)61(46-34-36-55-51(39-46)49-25-15-17-27-54(49)60(55,43-19-8-6-9-20-43)44-21-10-7-11-22-44)56-37-29-40-18-12-13-23-47(40)57(56)41-28-35-53-50(38-41)48-24-14-16-26-52(48)59(53,4)5/h6-39H,1-5H3. The van der Waals surface area contributed by atoms with E-state index >= 15 is 0 Å². The summed E-state index contributed by atoms with van der Waals surface area (Å²) in [5.41, 5.74) is 19.8. The lowest BCUT2D eigenvalue weighted by Crippen LogP contribution is -2.28. The number of anilines is 3. The van der Waals surface area contributed by atoms with Gasteiger partial charge in [0.2, 0.25) is 0 Å². The molecule has 0 amide bonds. The highest BCUT2D eigenvalue weighted by Crippen LogP contribution is 2.58. The molecule has 0 aliphatic heterocycles. The van der Waals surface area contributed by atoms with E-state index in [2.05, 4.69) is 246 Å². The summed E-state index contributed by atoms with van der Waals surface area (Å²) in [6.07, 6.45) is 0. The topological polar surface area (TPSA) is 3.24 Å². The second-order valence-electron chi connectivity index (χ2n) is 18.5. The van der Waals surface area contributed by atoms with Gasteiger partial charge in [-0.3, -0.25) is 0 Å². The van der Waals surface area contributed by atoms with Crippen LogP contribution in [0.3, 0.4) is 0 Å². The average molecular weight is 784 g/mol. The summed E-state index contributed by atoms with van der Waals surface area (Å²) in [7, 11) is 0. The Balaban J connectivity index is 1.18. The van der Waals surface area contributed by atoms with Gasteiger partial charge in [0.05, 0.1) is 11.1 Å². The summed E-state index contributed by atoms with van der Waals surface area (Å²) in [6.45, 7) is 11.6. The third kappa shape index (κ3) is 5.60. The van der Waals surface area contributed by atoms with E-state index < -0.39 is 5.41 Å². The molecule has 9 aromatic rings. The molecular weight excluding hydrogens is 735 g/mol. The van der Waals surface area contributed by atoms with Crippen molar-refractivity contribution in [3.05, 3.63) is 245 Å². The van der Waals surface area contributed by atoms with E-state index in [-0.39, 0.29) is 10.8 Å². The van der Waals surface area contributed by atoms with Crippen LogP contribution in [0, 0.1) is 0 Å². The van der Waals surface area contributed by atoms with E-state index in [1.807, 2.05) is 0 Å². The first-order valence-corrected chi connectivity index (χ1v) is 21.7. The first-order valence-electron chi connectivity index (χ1n) is 21.7. The fourth-order valence-electron chi connectivity index (χ4n) is 10.7. The lowest BCUT2D eigenvalue weighted by Gasteiger charge is -2.34. The Labute approximate surface area is 360 Å². The van der Waals surface area contributed by atoms with E-state index in [9.17, 15) is 0 Å². The first kappa shape index (κ1) is 37.1. The first-order chi connectivity index (χ1) is 29.7. The molecule has 0 unspecified atom stereocenters. The SMILES string of the molecule is CC(C)(C)c1ccc(N(c2ccc3c(c2)-c2ccccc2C3(c2ccccc2)c2ccccc2)c2ccc3ccccc3c2-c2ccc3c(c2)-c2ccccc2C3(C)C)cc1. The van der Waals surface area contributed by atoms with E-state index in [0.717, 1.165) is 17.1 Å². The van der Waals surface area contributed by atoms with Gasteiger partial charge in [0.15, 0.2) is 0 Å². The minimum Gasteiger partial charge on any atom is -0.310 e. The zero-order valence-electron chi connectivity index (χ0n) is 35.6. The van der Waals surface area contributed by atoms with Gasteiger partial charge in [0.1, 0.15) is 0 Å². The zero-order valence-corrected chi connectivity index (χ0v) is 35.6. The maximum atomic E-state index is 2.51. The quantitative estimate of drug-likeness (QED) is 0.162. The number of hydrogen-bond acceptors (Lipinski definition) is 1. The zero-order chi connectivity index (χ0) is 41.5. The van der Waals surface area contributed by atoms with Gasteiger partial charge in [-0.05, 0) is 119 Å². The van der Waals surface area contributed by atoms with Crippen molar-refractivity contribution in [2.75, 3.05) is 4.90 Å².